The van der Waals surface area contributed by atoms with Crippen molar-refractivity contribution in [3.8, 4) is 0 Å². The van der Waals surface area contributed by atoms with Crippen molar-refractivity contribution in [2.24, 2.45) is 0 Å². The molecule has 110 valence electrons. The van der Waals surface area contributed by atoms with Crippen molar-refractivity contribution in [1.29, 1.82) is 0 Å². The van der Waals surface area contributed by atoms with Gasteiger partial charge in [0, 0.05) is 12.1 Å². The molecule has 0 radical (unpaired) electrons. The van der Waals surface area contributed by atoms with Gasteiger partial charge in [0.15, 0.2) is 0 Å². The molecule has 1 unspecified atom stereocenters. The molecule has 4 nitrogen and oxygen atoms in total. The minimum Gasteiger partial charge on any atom is -0.373 e. The molecule has 0 heterocycles. The van der Waals surface area contributed by atoms with Crippen molar-refractivity contribution in [3.05, 3.63) is 67.9 Å². The predicted molar refractivity (Wildman–Crippen MR) is 84.0 cm³/mol. The first-order valence-corrected chi connectivity index (χ1v) is 7.14. The molecule has 0 fully saturated rings. The molecule has 2 rings (SSSR count). The van der Waals surface area contributed by atoms with Crippen LogP contribution in [0.5, 0.6) is 0 Å². The van der Waals surface area contributed by atoms with Gasteiger partial charge >= 0.3 is 0 Å². The largest absolute Gasteiger partial charge is 0.373 e. The molecule has 1 atom stereocenters. The third-order valence-corrected chi connectivity index (χ3v) is 3.77. The van der Waals surface area contributed by atoms with Gasteiger partial charge in [-0.3, -0.25) is 10.1 Å². The lowest BCUT2D eigenvalue weighted by atomic mass is 10.1. The zero-order valence-electron chi connectivity index (χ0n) is 11.6. The Morgan fingerprint density at radius 3 is 2.62 bits per heavy atom. The molecule has 0 aliphatic heterocycles. The van der Waals surface area contributed by atoms with Crippen LogP contribution in [0.1, 0.15) is 24.1 Å². The van der Waals surface area contributed by atoms with E-state index in [2.05, 4.69) is 21.2 Å². The molecule has 0 aromatic heterocycles. The lowest BCUT2D eigenvalue weighted by Crippen LogP contribution is -2.08. The van der Waals surface area contributed by atoms with Crippen LogP contribution in [0.15, 0.2) is 40.9 Å². The average molecular weight is 353 g/mol. The Bertz CT molecular complexity index is 691. The van der Waals surface area contributed by atoms with Crippen LogP contribution in [-0.4, -0.2) is 4.92 Å². The molecular formula is C15H14BrFN2O2. The first kappa shape index (κ1) is 15.4. The van der Waals surface area contributed by atoms with Crippen molar-refractivity contribution >= 4 is 27.3 Å². The van der Waals surface area contributed by atoms with E-state index in [4.69, 9.17) is 0 Å². The minimum absolute atomic E-state index is 0.0306. The fourth-order valence-corrected chi connectivity index (χ4v) is 2.41. The Hall–Kier alpha value is -1.95. The number of nitro groups is 1. The topological polar surface area (TPSA) is 55.2 Å². The summed E-state index contributed by atoms with van der Waals surface area (Å²) in [7, 11) is 0. The average Bonchev–Trinajstić information content (AvgIpc) is 2.43. The Labute approximate surface area is 130 Å². The highest BCUT2D eigenvalue weighted by atomic mass is 79.9. The summed E-state index contributed by atoms with van der Waals surface area (Å²) in [4.78, 5) is 10.7. The van der Waals surface area contributed by atoms with Crippen molar-refractivity contribution in [2.45, 2.75) is 19.9 Å². The smallest absolute Gasteiger partial charge is 0.292 e. The number of nitrogens with one attached hydrogen (secondary N) is 1. The zero-order chi connectivity index (χ0) is 15.6. The maximum atomic E-state index is 13.2. The number of anilines is 1. The van der Waals surface area contributed by atoms with E-state index in [0.29, 0.717) is 10.2 Å². The summed E-state index contributed by atoms with van der Waals surface area (Å²) in [6.45, 7) is 3.67. The maximum Gasteiger partial charge on any atom is 0.292 e. The molecular weight excluding hydrogens is 339 g/mol. The summed E-state index contributed by atoms with van der Waals surface area (Å²) in [5.41, 5.74) is 2.13. The van der Waals surface area contributed by atoms with Gasteiger partial charge in [0.2, 0.25) is 0 Å². The molecule has 0 aliphatic rings. The van der Waals surface area contributed by atoms with Crippen molar-refractivity contribution in [3.63, 3.8) is 0 Å². The third kappa shape index (κ3) is 3.58. The summed E-state index contributed by atoms with van der Waals surface area (Å²) in [5, 5.41) is 14.2. The van der Waals surface area contributed by atoms with Crippen LogP contribution < -0.4 is 5.32 Å². The van der Waals surface area contributed by atoms with Crippen molar-refractivity contribution < 1.29 is 9.31 Å². The van der Waals surface area contributed by atoms with Gasteiger partial charge in [-0.05, 0) is 59.1 Å². The fourth-order valence-electron chi connectivity index (χ4n) is 2.01. The highest BCUT2D eigenvalue weighted by molar-refractivity contribution is 9.10. The number of benzene rings is 2. The highest BCUT2D eigenvalue weighted by Gasteiger charge is 2.16. The predicted octanol–water partition coefficient (Wildman–Crippen LogP) is 4.98. The SMILES string of the molecule is Cc1ccc(NC(C)c2ccc(F)c(Br)c2)c([N+](=O)[O-])c1. The summed E-state index contributed by atoms with van der Waals surface area (Å²) >= 11 is 3.14. The van der Waals surface area contributed by atoms with E-state index in [1.807, 2.05) is 13.0 Å². The standard InChI is InChI=1S/C15H14BrFN2O2/c1-9-3-6-14(15(7-9)19(20)21)18-10(2)11-4-5-13(17)12(16)8-11/h3-8,10,18H,1-2H3. The fraction of sp³-hybridized carbons (Fsp3) is 0.200. The first-order valence-electron chi connectivity index (χ1n) is 6.35. The van der Waals surface area contributed by atoms with Crippen LogP contribution in [-0.2, 0) is 0 Å². The van der Waals surface area contributed by atoms with E-state index < -0.39 is 4.92 Å². The number of halogens is 2. The summed E-state index contributed by atoms with van der Waals surface area (Å²) in [6.07, 6.45) is 0. The van der Waals surface area contributed by atoms with Gasteiger partial charge < -0.3 is 5.32 Å². The monoisotopic (exact) mass is 352 g/mol. The van der Waals surface area contributed by atoms with Crippen molar-refractivity contribution in [1.82, 2.24) is 0 Å². The van der Waals surface area contributed by atoms with Gasteiger partial charge in [-0.1, -0.05) is 12.1 Å². The number of nitrogens with zero attached hydrogens (tertiary/aromatic N) is 1. The van der Waals surface area contributed by atoms with Gasteiger partial charge in [0.1, 0.15) is 11.5 Å². The summed E-state index contributed by atoms with van der Waals surface area (Å²) < 4.78 is 13.6. The molecule has 0 aliphatic carbocycles. The van der Waals surface area contributed by atoms with Gasteiger partial charge in [0.05, 0.1) is 9.40 Å². The second-order valence-electron chi connectivity index (χ2n) is 4.82. The van der Waals surface area contributed by atoms with Crippen LogP contribution in [0, 0.1) is 22.9 Å². The number of nitro benzene ring substituents is 1. The second kappa shape index (κ2) is 6.22. The summed E-state index contributed by atoms with van der Waals surface area (Å²) in [6, 6.07) is 9.50. The van der Waals surface area contributed by atoms with Gasteiger partial charge in [-0.15, -0.1) is 0 Å². The molecule has 0 amide bonds. The first-order chi connectivity index (χ1) is 9.88. The van der Waals surface area contributed by atoms with Gasteiger partial charge in [0.25, 0.3) is 5.69 Å². The highest BCUT2D eigenvalue weighted by Crippen LogP contribution is 2.30. The van der Waals surface area contributed by atoms with Crippen LogP contribution >= 0.6 is 15.9 Å². The van der Waals surface area contributed by atoms with E-state index in [9.17, 15) is 14.5 Å². The Morgan fingerprint density at radius 1 is 1.29 bits per heavy atom. The van der Waals surface area contributed by atoms with E-state index in [1.54, 1.807) is 25.1 Å². The molecule has 0 saturated carbocycles. The zero-order valence-corrected chi connectivity index (χ0v) is 13.1. The van der Waals surface area contributed by atoms with Crippen LogP contribution in [0.3, 0.4) is 0 Å². The van der Waals surface area contributed by atoms with Crippen LogP contribution in [0.2, 0.25) is 0 Å². The third-order valence-electron chi connectivity index (χ3n) is 3.17. The molecule has 0 bridgehead atoms. The number of hydrogen-bond donors (Lipinski definition) is 1. The molecule has 6 heteroatoms. The molecule has 2 aromatic carbocycles. The van der Waals surface area contributed by atoms with Gasteiger partial charge in [-0.2, -0.15) is 0 Å². The molecule has 0 saturated heterocycles. The minimum atomic E-state index is -0.414. The van der Waals surface area contributed by atoms with Crippen molar-refractivity contribution in [2.75, 3.05) is 5.32 Å². The van der Waals surface area contributed by atoms with E-state index in [0.717, 1.165) is 11.1 Å². The molecule has 0 spiro atoms. The molecule has 2 aromatic rings. The molecule has 21 heavy (non-hydrogen) atoms. The van der Waals surface area contributed by atoms with E-state index in [-0.39, 0.29) is 17.5 Å². The summed E-state index contributed by atoms with van der Waals surface area (Å²) in [5.74, 6) is -0.340. The van der Waals surface area contributed by atoms with E-state index in [1.165, 1.54) is 12.1 Å². The maximum absolute atomic E-state index is 13.2. The second-order valence-corrected chi connectivity index (χ2v) is 5.67. The normalized spacial score (nSPS) is 12.0. The Morgan fingerprint density at radius 2 is 2.00 bits per heavy atom. The Kier molecular flexibility index (Phi) is 4.57. The Balaban J connectivity index is 2.29. The number of aryl methyl sites for hydroxylation is 1. The molecule has 1 N–H and O–H groups in total. The van der Waals surface area contributed by atoms with Crippen LogP contribution in [0.4, 0.5) is 15.8 Å². The number of rotatable bonds is 4. The number of hydrogen-bond acceptors (Lipinski definition) is 3. The quantitative estimate of drug-likeness (QED) is 0.623. The van der Waals surface area contributed by atoms with E-state index >= 15 is 0 Å². The van der Waals surface area contributed by atoms with Crippen LogP contribution in [0.25, 0.3) is 0 Å². The lowest BCUT2D eigenvalue weighted by Gasteiger charge is -2.16. The lowest BCUT2D eigenvalue weighted by molar-refractivity contribution is -0.384. The van der Waals surface area contributed by atoms with Gasteiger partial charge in [-0.25, -0.2) is 4.39 Å².